The first-order valence-corrected chi connectivity index (χ1v) is 21.8. The van der Waals surface area contributed by atoms with E-state index in [-0.39, 0.29) is 49.3 Å². The number of rotatable bonds is 10. The second-order valence-electron chi connectivity index (χ2n) is 16.3. The summed E-state index contributed by atoms with van der Waals surface area (Å²) in [7, 11) is 0. The summed E-state index contributed by atoms with van der Waals surface area (Å²) >= 11 is 7.03. The fourth-order valence-corrected chi connectivity index (χ4v) is 10.0. The Hall–Kier alpha value is -4.24. The third kappa shape index (κ3) is 9.25. The summed E-state index contributed by atoms with van der Waals surface area (Å²) < 4.78 is 7.48. The molecule has 8 atom stereocenters. The number of aryl methyl sites for hydroxylation is 2. The van der Waals surface area contributed by atoms with E-state index in [1.54, 1.807) is 5.06 Å². The van der Waals surface area contributed by atoms with E-state index in [4.69, 9.17) is 14.4 Å². The number of ether oxygens (including phenoxy) is 1. The summed E-state index contributed by atoms with van der Waals surface area (Å²) in [5.74, 6) is -5.28. The van der Waals surface area contributed by atoms with E-state index in [9.17, 15) is 19.2 Å². The topological polar surface area (TPSA) is 127 Å². The van der Waals surface area contributed by atoms with Crippen molar-refractivity contribution in [2.24, 2.45) is 23.7 Å². The number of hydrogen-bond acceptors (Lipinski definition) is 11. The van der Waals surface area contributed by atoms with Gasteiger partial charge in [0.1, 0.15) is 0 Å². The predicted molar refractivity (Wildman–Crippen MR) is 228 cm³/mol. The van der Waals surface area contributed by atoms with E-state index in [1.165, 1.54) is 5.06 Å². The van der Waals surface area contributed by atoms with Crippen LogP contribution in [0.2, 0.25) is 0 Å². The molecule has 308 valence electrons. The standard InChI is InChI=1S/C46H48Br2N4O7/c1-27-7-5-9-30(17-27)35-19-50-22-38(35)45(55)58-52-24-40(34-12-4-3-8-28(34)2)42(26-52)46(56)59-51-23-39(29-13-15-32(47)16-14-29)41(25-51)44(54)57-43(53)37-21-49-20-36(37)31-10-6-11-33(48)18-31/h3-18,35-42,49-50H,19-26H2,1-2H3. The Bertz CT molecular complexity index is 2200. The lowest BCUT2D eigenvalue weighted by atomic mass is 9.86. The number of hydrogen-bond donors (Lipinski definition) is 2. The van der Waals surface area contributed by atoms with Gasteiger partial charge in [-0.3, -0.25) is 9.59 Å². The van der Waals surface area contributed by atoms with Gasteiger partial charge in [-0.1, -0.05) is 110 Å². The average Bonchev–Trinajstić information content (AvgIpc) is 4.05. The van der Waals surface area contributed by atoms with Crippen LogP contribution in [0.15, 0.2) is 106 Å². The summed E-state index contributed by atoms with van der Waals surface area (Å²) in [5.41, 5.74) is 6.07. The molecule has 8 rings (SSSR count). The zero-order chi connectivity index (χ0) is 41.2. The zero-order valence-electron chi connectivity index (χ0n) is 33.0. The van der Waals surface area contributed by atoms with Crippen molar-refractivity contribution in [3.05, 3.63) is 139 Å². The van der Waals surface area contributed by atoms with Crippen molar-refractivity contribution in [1.29, 1.82) is 0 Å². The molecule has 8 unspecified atom stereocenters. The van der Waals surface area contributed by atoms with Crippen LogP contribution in [0.1, 0.15) is 57.1 Å². The number of nitrogens with zero attached hydrogens (tertiary/aromatic N) is 2. The number of carbonyl (C=O) groups excluding carboxylic acids is 4. The molecule has 4 aromatic carbocycles. The fourth-order valence-electron chi connectivity index (χ4n) is 9.36. The normalized spacial score (nSPS) is 27.1. The van der Waals surface area contributed by atoms with Gasteiger partial charge in [0.05, 0.1) is 23.7 Å². The Kier molecular flexibility index (Phi) is 12.8. The molecule has 2 N–H and O–H groups in total. The van der Waals surface area contributed by atoms with Crippen molar-refractivity contribution in [2.75, 3.05) is 52.4 Å². The first kappa shape index (κ1) is 41.5. The lowest BCUT2D eigenvalue weighted by Gasteiger charge is -2.22. The molecule has 59 heavy (non-hydrogen) atoms. The summed E-state index contributed by atoms with van der Waals surface area (Å²) in [6.07, 6.45) is 0. The van der Waals surface area contributed by atoms with Crippen molar-refractivity contribution in [3.8, 4) is 0 Å². The van der Waals surface area contributed by atoms with E-state index < -0.39 is 41.6 Å². The average molecular weight is 929 g/mol. The van der Waals surface area contributed by atoms with Crippen LogP contribution in [-0.2, 0) is 33.6 Å². The van der Waals surface area contributed by atoms with Gasteiger partial charge in [-0.25, -0.2) is 9.59 Å². The van der Waals surface area contributed by atoms with Gasteiger partial charge in [-0.2, -0.15) is 0 Å². The zero-order valence-corrected chi connectivity index (χ0v) is 36.2. The molecule has 0 saturated carbocycles. The van der Waals surface area contributed by atoms with E-state index in [0.29, 0.717) is 32.7 Å². The Labute approximate surface area is 361 Å². The molecule has 4 aliphatic rings. The van der Waals surface area contributed by atoms with Gasteiger partial charge < -0.3 is 25.0 Å². The van der Waals surface area contributed by atoms with Gasteiger partial charge >= 0.3 is 23.9 Å². The Morgan fingerprint density at radius 1 is 0.525 bits per heavy atom. The molecule has 0 bridgehead atoms. The molecule has 4 aliphatic heterocycles. The highest BCUT2D eigenvalue weighted by molar-refractivity contribution is 9.10. The largest absolute Gasteiger partial charge is 0.393 e. The molecule has 0 aromatic heterocycles. The van der Waals surface area contributed by atoms with Gasteiger partial charge in [-0.15, -0.1) is 10.1 Å². The molecule has 0 aliphatic carbocycles. The van der Waals surface area contributed by atoms with E-state index in [2.05, 4.69) is 54.6 Å². The van der Waals surface area contributed by atoms with Crippen molar-refractivity contribution >= 4 is 55.7 Å². The first-order valence-electron chi connectivity index (χ1n) is 20.3. The molecule has 13 heteroatoms. The maximum Gasteiger partial charge on any atom is 0.330 e. The van der Waals surface area contributed by atoms with Crippen LogP contribution in [0.3, 0.4) is 0 Å². The summed E-state index contributed by atoms with van der Waals surface area (Å²) in [5, 5.41) is 9.78. The SMILES string of the molecule is Cc1cccc(C2CNCC2C(=O)ON2CC(C(=O)ON3CC(C(=O)OC(=O)C4CNCC4c4cccc(Br)c4)C(c4ccc(Br)cc4)C3)C(c3ccccc3C)C2)c1. The summed E-state index contributed by atoms with van der Waals surface area (Å²) in [4.78, 5) is 68.1. The molecule has 11 nitrogen and oxygen atoms in total. The molecule has 4 heterocycles. The highest BCUT2D eigenvalue weighted by atomic mass is 79.9. The first-order chi connectivity index (χ1) is 28.5. The highest BCUT2D eigenvalue weighted by Gasteiger charge is 2.48. The number of hydroxylamine groups is 4. The van der Waals surface area contributed by atoms with Gasteiger partial charge in [0, 0.05) is 85.0 Å². The molecular formula is C46H48Br2N4O7. The third-order valence-corrected chi connectivity index (χ3v) is 13.5. The van der Waals surface area contributed by atoms with E-state index in [1.807, 2.05) is 98.8 Å². The summed E-state index contributed by atoms with van der Waals surface area (Å²) in [6.45, 7) is 6.96. The van der Waals surface area contributed by atoms with Gasteiger partial charge in [0.25, 0.3) is 0 Å². The molecular weight excluding hydrogens is 880 g/mol. The minimum Gasteiger partial charge on any atom is -0.393 e. The Morgan fingerprint density at radius 3 is 1.73 bits per heavy atom. The maximum atomic E-state index is 14.3. The minimum absolute atomic E-state index is 0.0238. The molecule has 0 radical (unpaired) electrons. The quantitative estimate of drug-likeness (QED) is 0.133. The van der Waals surface area contributed by atoms with Crippen molar-refractivity contribution in [1.82, 2.24) is 20.8 Å². The number of benzene rings is 4. The number of nitrogens with one attached hydrogen (secondary N) is 2. The van der Waals surface area contributed by atoms with Crippen LogP contribution in [0.5, 0.6) is 0 Å². The fraction of sp³-hybridized carbons (Fsp3) is 0.391. The molecule has 4 saturated heterocycles. The lowest BCUT2D eigenvalue weighted by Crippen LogP contribution is -2.35. The predicted octanol–water partition coefficient (Wildman–Crippen LogP) is 6.55. The van der Waals surface area contributed by atoms with Gasteiger partial charge in [0.15, 0.2) is 0 Å². The smallest absolute Gasteiger partial charge is 0.330 e. The van der Waals surface area contributed by atoms with Gasteiger partial charge in [-0.05, 0) is 65.9 Å². The van der Waals surface area contributed by atoms with E-state index >= 15 is 0 Å². The third-order valence-electron chi connectivity index (χ3n) is 12.5. The Balaban J connectivity index is 0.976. The lowest BCUT2D eigenvalue weighted by molar-refractivity contribution is -0.199. The van der Waals surface area contributed by atoms with Crippen LogP contribution in [0.4, 0.5) is 0 Å². The highest BCUT2D eigenvalue weighted by Crippen LogP contribution is 2.40. The van der Waals surface area contributed by atoms with Crippen LogP contribution >= 0.6 is 31.9 Å². The number of halogens is 2. The molecule has 0 spiro atoms. The van der Waals surface area contributed by atoms with E-state index in [0.717, 1.165) is 42.3 Å². The van der Waals surface area contributed by atoms with Crippen LogP contribution in [0, 0.1) is 37.5 Å². The van der Waals surface area contributed by atoms with Gasteiger partial charge in [0.2, 0.25) is 0 Å². The Morgan fingerprint density at radius 2 is 1.08 bits per heavy atom. The van der Waals surface area contributed by atoms with Crippen molar-refractivity contribution in [2.45, 2.75) is 37.5 Å². The number of carbonyl (C=O) groups is 4. The molecule has 4 fully saturated rings. The molecule has 4 aromatic rings. The van der Waals surface area contributed by atoms with Crippen molar-refractivity contribution in [3.63, 3.8) is 0 Å². The second-order valence-corrected chi connectivity index (χ2v) is 18.1. The number of esters is 2. The van der Waals surface area contributed by atoms with Crippen LogP contribution in [0.25, 0.3) is 0 Å². The van der Waals surface area contributed by atoms with Crippen LogP contribution in [-0.4, -0.2) is 86.4 Å². The minimum atomic E-state index is -0.777. The van der Waals surface area contributed by atoms with Crippen LogP contribution < -0.4 is 10.6 Å². The van der Waals surface area contributed by atoms with Crippen molar-refractivity contribution < 1.29 is 33.6 Å². The second kappa shape index (κ2) is 18.2. The monoisotopic (exact) mass is 926 g/mol. The molecule has 0 amide bonds. The maximum absolute atomic E-state index is 14.3. The summed E-state index contributed by atoms with van der Waals surface area (Å²) in [6, 6.07) is 31.6.